The SMILES string of the molecule is CCCCCCCCCCCCCCCCSCc1cc2c(cc1C)-c1nc-2nc2[nH]c(nc3nc(nc4[nH]c(n1)c1cc(CSCCCCCCCCCCCCCCCC)c(C)cc41)-c1cc(CSCCCCCCCCCCCCCCCC)c(C)cc1-3)c1cc(CSCCCCCCCCCCCCCCCC)c(C)cc21. The van der Waals surface area contributed by atoms with Gasteiger partial charge in [-0.05, 0) is 169 Å². The predicted molar refractivity (Wildman–Crippen MR) is 521 cm³/mol. The average molecular weight is 1650 g/mol. The van der Waals surface area contributed by atoms with Crippen molar-refractivity contribution in [3.05, 3.63) is 93.0 Å². The molecule has 0 aliphatic carbocycles. The topological polar surface area (TPSA) is 109 Å². The van der Waals surface area contributed by atoms with E-state index in [4.69, 9.17) is 29.9 Å². The summed E-state index contributed by atoms with van der Waals surface area (Å²) in [6.45, 7) is 18.4. The van der Waals surface area contributed by atoms with Crippen molar-refractivity contribution in [2.45, 2.75) is 438 Å². The lowest BCUT2D eigenvalue weighted by Gasteiger charge is -2.09. The molecule has 0 atom stereocenters. The highest BCUT2D eigenvalue weighted by Crippen LogP contribution is 2.42. The van der Waals surface area contributed by atoms with Crippen LogP contribution in [0.25, 0.3) is 89.7 Å². The molecular formula is C104H162N8S4. The van der Waals surface area contributed by atoms with Crippen LogP contribution >= 0.6 is 47.0 Å². The van der Waals surface area contributed by atoms with Crippen LogP contribution in [0, 0.1) is 27.7 Å². The Morgan fingerprint density at radius 1 is 0.198 bits per heavy atom. The van der Waals surface area contributed by atoms with E-state index in [2.05, 4.69) is 161 Å². The number of nitrogens with one attached hydrogen (secondary N) is 2. The third-order valence-corrected chi connectivity index (χ3v) is 29.6. The quantitative estimate of drug-likeness (QED) is 0.0358. The first-order valence-corrected chi connectivity index (χ1v) is 53.5. The number of aromatic nitrogens is 8. The van der Waals surface area contributed by atoms with Crippen molar-refractivity contribution < 1.29 is 0 Å². The van der Waals surface area contributed by atoms with Crippen LogP contribution in [0.15, 0.2) is 48.5 Å². The summed E-state index contributed by atoms with van der Waals surface area (Å²) in [5.41, 5.74) is 17.7. The number of benzene rings is 4. The average Bonchev–Trinajstić information content (AvgIpc) is 1.59. The van der Waals surface area contributed by atoms with Gasteiger partial charge in [0.15, 0.2) is 23.3 Å². The Balaban J connectivity index is 0.978. The molecule has 5 heterocycles. The fourth-order valence-electron chi connectivity index (χ4n) is 17.5. The Morgan fingerprint density at radius 3 is 0.586 bits per heavy atom. The minimum atomic E-state index is 0.681. The summed E-state index contributed by atoms with van der Waals surface area (Å²) < 4.78 is 0. The van der Waals surface area contributed by atoms with Gasteiger partial charge in [0.2, 0.25) is 0 Å². The molecule has 9 rings (SSSR count). The lowest BCUT2D eigenvalue weighted by Crippen LogP contribution is -1.92. The van der Waals surface area contributed by atoms with Crippen LogP contribution < -0.4 is 0 Å². The fraction of sp³-hybridized carbons (Fsp3) is 0.692. The first-order chi connectivity index (χ1) is 57.2. The zero-order valence-electron chi connectivity index (χ0n) is 75.2. The van der Waals surface area contributed by atoms with Crippen molar-refractivity contribution in [3.8, 4) is 45.6 Å². The Kier molecular flexibility index (Phi) is 47.6. The largest absolute Gasteiger partial charge is 0.324 e. The molecule has 2 aliphatic rings. The molecule has 8 nitrogen and oxygen atoms in total. The molecule has 0 fully saturated rings. The van der Waals surface area contributed by atoms with E-state index in [1.807, 2.05) is 0 Å². The summed E-state index contributed by atoms with van der Waals surface area (Å²) in [5.74, 6) is 11.3. The maximum absolute atomic E-state index is 5.69. The van der Waals surface area contributed by atoms with E-state index in [1.54, 1.807) is 0 Å². The molecule has 8 bridgehead atoms. The van der Waals surface area contributed by atoms with Crippen molar-refractivity contribution in [2.24, 2.45) is 0 Å². The van der Waals surface area contributed by atoms with E-state index in [-0.39, 0.29) is 0 Å². The van der Waals surface area contributed by atoms with Gasteiger partial charge in [0.25, 0.3) is 0 Å². The Labute approximate surface area is 725 Å². The number of hydrogen-bond acceptors (Lipinski definition) is 10. The van der Waals surface area contributed by atoms with Gasteiger partial charge < -0.3 is 9.97 Å². The van der Waals surface area contributed by atoms with E-state index in [0.717, 1.165) is 89.4 Å². The van der Waals surface area contributed by atoms with Crippen LogP contribution in [0.1, 0.15) is 432 Å². The van der Waals surface area contributed by atoms with Gasteiger partial charge >= 0.3 is 0 Å². The summed E-state index contributed by atoms with van der Waals surface area (Å²) in [6, 6.07) is 19.1. The van der Waals surface area contributed by atoms with Gasteiger partial charge in [-0.25, -0.2) is 29.9 Å². The highest BCUT2D eigenvalue weighted by atomic mass is 32.2. The van der Waals surface area contributed by atoms with Crippen LogP contribution in [0.4, 0.5) is 0 Å². The number of thioether (sulfide) groups is 4. The first kappa shape index (κ1) is 95.5. The monoisotopic (exact) mass is 1650 g/mol. The molecule has 116 heavy (non-hydrogen) atoms. The Morgan fingerprint density at radius 2 is 0.371 bits per heavy atom. The van der Waals surface area contributed by atoms with Crippen LogP contribution in [-0.4, -0.2) is 62.9 Å². The van der Waals surface area contributed by atoms with Gasteiger partial charge in [-0.3, -0.25) is 0 Å². The second kappa shape index (κ2) is 57.8. The number of rotatable bonds is 68. The number of nitrogens with zero attached hydrogens (tertiary/aromatic N) is 6. The lowest BCUT2D eigenvalue weighted by atomic mass is 10.0. The smallest absolute Gasteiger partial charge is 0.164 e. The van der Waals surface area contributed by atoms with Crippen LogP contribution in [0.5, 0.6) is 0 Å². The van der Waals surface area contributed by atoms with E-state index in [0.29, 0.717) is 23.3 Å². The second-order valence-electron chi connectivity index (χ2n) is 35.5. The minimum Gasteiger partial charge on any atom is -0.324 e. The normalized spacial score (nSPS) is 12.1. The molecule has 642 valence electrons. The zero-order valence-corrected chi connectivity index (χ0v) is 78.5. The summed E-state index contributed by atoms with van der Waals surface area (Å²) >= 11 is 8.33. The maximum atomic E-state index is 5.69. The fourth-order valence-corrected chi connectivity index (χ4v) is 21.9. The predicted octanol–water partition coefficient (Wildman–Crippen LogP) is 35.0. The number of unbranched alkanes of at least 4 members (excludes halogenated alkanes) is 52. The number of H-pyrrole nitrogens is 2. The maximum Gasteiger partial charge on any atom is 0.164 e. The molecule has 2 aliphatic heterocycles. The van der Waals surface area contributed by atoms with Crippen molar-refractivity contribution >= 4 is 91.2 Å². The molecule has 0 spiro atoms. The Hall–Kier alpha value is -4.36. The molecule has 0 radical (unpaired) electrons. The van der Waals surface area contributed by atoms with Crippen LogP contribution in [0.2, 0.25) is 0 Å². The number of aryl methyl sites for hydroxylation is 4. The van der Waals surface area contributed by atoms with Crippen molar-refractivity contribution in [1.29, 1.82) is 0 Å². The summed E-state index contributed by atoms with van der Waals surface area (Å²) in [4.78, 5) is 41.6. The molecular weight excluding hydrogens is 1490 g/mol. The van der Waals surface area contributed by atoms with E-state index < -0.39 is 0 Å². The number of hydrogen-bond donors (Lipinski definition) is 2. The highest BCUT2D eigenvalue weighted by molar-refractivity contribution is 7.99. The van der Waals surface area contributed by atoms with E-state index in [9.17, 15) is 0 Å². The molecule has 0 saturated heterocycles. The third kappa shape index (κ3) is 33.8. The van der Waals surface area contributed by atoms with Gasteiger partial charge in [-0.1, -0.05) is 362 Å². The van der Waals surface area contributed by atoms with Gasteiger partial charge in [0.05, 0.1) is 0 Å². The first-order valence-electron chi connectivity index (χ1n) is 48.9. The third-order valence-electron chi connectivity index (χ3n) is 25.3. The number of fused-ring (bicyclic) bond motifs is 20. The molecule has 7 aromatic rings. The molecule has 2 N–H and O–H groups in total. The highest BCUT2D eigenvalue weighted by Gasteiger charge is 2.26. The van der Waals surface area contributed by atoms with Crippen LogP contribution in [-0.2, 0) is 23.0 Å². The van der Waals surface area contributed by atoms with Crippen molar-refractivity contribution in [1.82, 2.24) is 39.9 Å². The van der Waals surface area contributed by atoms with Gasteiger partial charge in [-0.15, -0.1) is 0 Å². The molecule has 12 heteroatoms. The van der Waals surface area contributed by atoms with Crippen molar-refractivity contribution in [2.75, 3.05) is 23.0 Å². The Bertz CT molecular complexity index is 3800. The van der Waals surface area contributed by atoms with Crippen LogP contribution in [0.3, 0.4) is 0 Å². The van der Waals surface area contributed by atoms with Gasteiger partial charge in [-0.2, -0.15) is 47.0 Å². The summed E-state index contributed by atoms with van der Waals surface area (Å²) in [7, 11) is 0. The standard InChI is InChI=1S/C104H162N8S4/c1-9-13-17-21-25-29-33-37-41-45-49-53-57-61-65-113-77-85-73-93-89(69-81(85)5)97-105-101(93)109-98-90-70-82(6)86(78-114-66-62-58-54-50-46-42-38-34-30-26-22-18-14-10-2)74-94(90)103(106-98)111-100-92-72-84(8)88(80-116-68-64-60-56-52-48-44-40-36-32-28-24-20-16-12-4)76-96(92)104(108-100)112-99-91-71-83(7)87(75-95(91)102(107-99)110-97)79-115-67-63-59-55-51-47-43-39-35-31-27-23-19-15-11-3/h69-76H,9-68,77-80H2,1-8H3,(H2,105,106,107,108,109,110,111,112). The zero-order chi connectivity index (χ0) is 81.3. The lowest BCUT2D eigenvalue weighted by molar-refractivity contribution is 0.538. The summed E-state index contributed by atoms with van der Waals surface area (Å²) in [6.07, 6.45) is 77.6. The molecule has 0 unspecified atom stereocenters. The molecule has 3 aromatic heterocycles. The number of aromatic amines is 2. The van der Waals surface area contributed by atoms with Gasteiger partial charge in [0, 0.05) is 66.8 Å². The second-order valence-corrected chi connectivity index (χ2v) is 39.9. The van der Waals surface area contributed by atoms with Gasteiger partial charge in [0.1, 0.15) is 22.6 Å². The molecule has 4 aromatic carbocycles. The minimum absolute atomic E-state index is 0.681. The summed E-state index contributed by atoms with van der Waals surface area (Å²) in [5, 5.41) is 4.23. The van der Waals surface area contributed by atoms with Crippen molar-refractivity contribution in [3.63, 3.8) is 0 Å². The molecule has 0 amide bonds. The van der Waals surface area contributed by atoms with E-state index in [1.165, 1.54) is 427 Å². The molecule has 0 saturated carbocycles. The van der Waals surface area contributed by atoms with E-state index >= 15 is 0 Å².